The van der Waals surface area contributed by atoms with Crippen LogP contribution < -0.4 is 0 Å². The van der Waals surface area contributed by atoms with Crippen molar-refractivity contribution in [3.05, 3.63) is 34.4 Å². The summed E-state index contributed by atoms with van der Waals surface area (Å²) in [5.74, 6) is -2.20. The van der Waals surface area contributed by atoms with Crippen LogP contribution in [0, 0.1) is 0 Å². The Balaban J connectivity index is 3.84. The van der Waals surface area contributed by atoms with Gasteiger partial charge < -0.3 is 10.2 Å². The monoisotopic (exact) mass is 316 g/mol. The average molecular weight is 316 g/mol. The van der Waals surface area contributed by atoms with Crippen molar-refractivity contribution in [3.63, 3.8) is 0 Å². The van der Waals surface area contributed by atoms with E-state index in [-0.39, 0.29) is 6.42 Å². The molecule has 0 aromatic heterocycles. The number of carboxylic acid groups (broad SMARTS) is 1. The standard InChI is InChI=1S/C12H10F6O3/c1-2-5-3-4-6(11(13,14)15)7(9(19)10(20)21)8(5)12(16,17)18/h3-4,9,19H,2H2,1H3,(H,20,21). The first kappa shape index (κ1) is 17.3. The van der Waals surface area contributed by atoms with E-state index in [1.54, 1.807) is 0 Å². The number of aliphatic hydroxyl groups excluding tert-OH is 1. The molecular formula is C12H10F6O3. The minimum Gasteiger partial charge on any atom is -0.479 e. The molecular weight excluding hydrogens is 306 g/mol. The number of aliphatic carboxylic acids is 1. The van der Waals surface area contributed by atoms with E-state index < -0.39 is 46.7 Å². The summed E-state index contributed by atoms with van der Waals surface area (Å²) in [6, 6.07) is 0.972. The lowest BCUT2D eigenvalue weighted by Gasteiger charge is -2.23. The maximum absolute atomic E-state index is 13.0. The third-order valence-electron chi connectivity index (χ3n) is 2.81. The van der Waals surface area contributed by atoms with E-state index in [1.165, 1.54) is 6.92 Å². The van der Waals surface area contributed by atoms with E-state index in [4.69, 9.17) is 5.11 Å². The predicted molar refractivity (Wildman–Crippen MR) is 58.4 cm³/mol. The van der Waals surface area contributed by atoms with Gasteiger partial charge >= 0.3 is 18.3 Å². The van der Waals surface area contributed by atoms with Gasteiger partial charge in [0.1, 0.15) is 0 Å². The Kier molecular flexibility index (Phi) is 4.57. The second-order valence-corrected chi connectivity index (χ2v) is 4.15. The minimum absolute atomic E-state index is 0.272. The smallest absolute Gasteiger partial charge is 0.417 e. The van der Waals surface area contributed by atoms with Crippen LogP contribution in [0.2, 0.25) is 0 Å². The zero-order valence-electron chi connectivity index (χ0n) is 10.5. The molecule has 0 saturated carbocycles. The van der Waals surface area contributed by atoms with Crippen molar-refractivity contribution in [2.45, 2.75) is 31.8 Å². The molecule has 0 spiro atoms. The van der Waals surface area contributed by atoms with Crippen LogP contribution in [0.5, 0.6) is 0 Å². The number of carboxylic acids is 1. The number of rotatable bonds is 3. The summed E-state index contributed by atoms with van der Waals surface area (Å²) in [7, 11) is 0. The molecule has 0 amide bonds. The summed E-state index contributed by atoms with van der Waals surface area (Å²) in [4.78, 5) is 10.7. The highest BCUT2D eigenvalue weighted by molar-refractivity contribution is 5.76. The van der Waals surface area contributed by atoms with Crippen molar-refractivity contribution in [2.75, 3.05) is 0 Å². The summed E-state index contributed by atoms with van der Waals surface area (Å²) in [5.41, 5.74) is -5.77. The Hall–Kier alpha value is -1.77. The normalized spacial score (nSPS) is 14.1. The fourth-order valence-electron chi connectivity index (χ4n) is 1.95. The highest BCUT2D eigenvalue weighted by atomic mass is 19.4. The van der Waals surface area contributed by atoms with Crippen LogP contribution in [0.25, 0.3) is 0 Å². The molecule has 21 heavy (non-hydrogen) atoms. The maximum atomic E-state index is 13.0. The van der Waals surface area contributed by atoms with Crippen molar-refractivity contribution in [2.24, 2.45) is 0 Å². The van der Waals surface area contributed by atoms with Gasteiger partial charge in [-0.2, -0.15) is 26.3 Å². The van der Waals surface area contributed by atoms with E-state index in [1.807, 2.05) is 0 Å². The zero-order valence-corrected chi connectivity index (χ0v) is 10.5. The quantitative estimate of drug-likeness (QED) is 0.840. The van der Waals surface area contributed by atoms with Gasteiger partial charge in [0.05, 0.1) is 11.1 Å². The van der Waals surface area contributed by atoms with Crippen LogP contribution >= 0.6 is 0 Å². The summed E-state index contributed by atoms with van der Waals surface area (Å²) < 4.78 is 77.5. The van der Waals surface area contributed by atoms with Gasteiger partial charge in [-0.25, -0.2) is 4.79 Å². The fourth-order valence-corrected chi connectivity index (χ4v) is 1.95. The first-order chi connectivity index (χ1) is 9.41. The molecule has 1 unspecified atom stereocenters. The lowest BCUT2D eigenvalue weighted by molar-refractivity contribution is -0.153. The lowest BCUT2D eigenvalue weighted by atomic mass is 9.90. The fraction of sp³-hybridized carbons (Fsp3) is 0.417. The first-order valence-electron chi connectivity index (χ1n) is 5.62. The van der Waals surface area contributed by atoms with Crippen molar-refractivity contribution < 1.29 is 41.4 Å². The van der Waals surface area contributed by atoms with E-state index in [0.717, 1.165) is 0 Å². The van der Waals surface area contributed by atoms with Crippen molar-refractivity contribution >= 4 is 5.97 Å². The van der Waals surface area contributed by atoms with E-state index in [0.29, 0.717) is 12.1 Å². The topological polar surface area (TPSA) is 57.5 Å². The molecule has 0 radical (unpaired) electrons. The molecule has 1 rings (SSSR count). The SMILES string of the molecule is CCc1ccc(C(F)(F)F)c(C(O)C(=O)O)c1C(F)(F)F. The zero-order chi connectivity index (χ0) is 16.6. The van der Waals surface area contributed by atoms with Gasteiger partial charge in [0.2, 0.25) is 0 Å². The van der Waals surface area contributed by atoms with Crippen LogP contribution in [0.1, 0.15) is 35.3 Å². The Morgan fingerprint density at radius 1 is 1.14 bits per heavy atom. The Morgan fingerprint density at radius 3 is 2.00 bits per heavy atom. The number of hydrogen-bond acceptors (Lipinski definition) is 2. The van der Waals surface area contributed by atoms with E-state index >= 15 is 0 Å². The molecule has 1 aromatic rings. The van der Waals surface area contributed by atoms with Crippen LogP contribution in [-0.4, -0.2) is 16.2 Å². The van der Waals surface area contributed by atoms with Crippen LogP contribution in [0.4, 0.5) is 26.3 Å². The molecule has 0 bridgehead atoms. The largest absolute Gasteiger partial charge is 0.479 e. The lowest BCUT2D eigenvalue weighted by Crippen LogP contribution is -2.24. The van der Waals surface area contributed by atoms with Crippen molar-refractivity contribution in [1.29, 1.82) is 0 Å². The second kappa shape index (κ2) is 5.55. The molecule has 0 aliphatic heterocycles. The molecule has 0 heterocycles. The minimum atomic E-state index is -5.22. The van der Waals surface area contributed by atoms with Crippen LogP contribution in [0.15, 0.2) is 12.1 Å². The molecule has 0 saturated heterocycles. The number of hydrogen-bond donors (Lipinski definition) is 2. The number of benzene rings is 1. The third kappa shape index (κ3) is 3.46. The van der Waals surface area contributed by atoms with Gasteiger partial charge in [-0.1, -0.05) is 13.0 Å². The highest BCUT2D eigenvalue weighted by Crippen LogP contribution is 2.43. The molecule has 1 atom stereocenters. The van der Waals surface area contributed by atoms with Gasteiger partial charge in [-0.3, -0.25) is 0 Å². The predicted octanol–water partition coefficient (Wildman–Crippen LogP) is 3.40. The van der Waals surface area contributed by atoms with Gasteiger partial charge in [-0.15, -0.1) is 0 Å². The van der Waals surface area contributed by atoms with Crippen LogP contribution in [-0.2, 0) is 23.6 Å². The average Bonchev–Trinajstić information content (AvgIpc) is 2.33. The molecule has 1 aromatic carbocycles. The van der Waals surface area contributed by atoms with Gasteiger partial charge in [0, 0.05) is 5.56 Å². The maximum Gasteiger partial charge on any atom is 0.417 e. The molecule has 0 fully saturated rings. The molecule has 118 valence electrons. The van der Waals surface area contributed by atoms with Crippen molar-refractivity contribution in [3.8, 4) is 0 Å². The second-order valence-electron chi connectivity index (χ2n) is 4.15. The van der Waals surface area contributed by atoms with Crippen LogP contribution in [0.3, 0.4) is 0 Å². The van der Waals surface area contributed by atoms with Gasteiger partial charge in [-0.05, 0) is 18.1 Å². The van der Waals surface area contributed by atoms with E-state index in [9.17, 15) is 36.2 Å². The van der Waals surface area contributed by atoms with Crippen molar-refractivity contribution in [1.82, 2.24) is 0 Å². The Labute approximate surface area is 114 Å². The summed E-state index contributed by atoms with van der Waals surface area (Å²) in [6.07, 6.45) is -13.6. The van der Waals surface area contributed by atoms with Gasteiger partial charge in [0.15, 0.2) is 6.10 Å². The first-order valence-corrected chi connectivity index (χ1v) is 5.62. The summed E-state index contributed by atoms with van der Waals surface area (Å²) in [5, 5.41) is 17.9. The number of carbonyl (C=O) groups is 1. The number of halogens is 6. The molecule has 2 N–H and O–H groups in total. The summed E-state index contributed by atoms with van der Waals surface area (Å²) in [6.45, 7) is 1.27. The van der Waals surface area contributed by atoms with Gasteiger partial charge in [0.25, 0.3) is 0 Å². The molecule has 0 aliphatic carbocycles. The molecule has 0 aliphatic rings. The number of alkyl halides is 6. The van der Waals surface area contributed by atoms with E-state index in [2.05, 4.69) is 0 Å². The third-order valence-corrected chi connectivity index (χ3v) is 2.81. The Morgan fingerprint density at radius 2 is 1.67 bits per heavy atom. The summed E-state index contributed by atoms with van der Waals surface area (Å²) >= 11 is 0. The highest BCUT2D eigenvalue weighted by Gasteiger charge is 2.45. The number of aliphatic hydroxyl groups is 1. The number of aryl methyl sites for hydroxylation is 1. The molecule has 9 heteroatoms. The Bertz CT molecular complexity index is 547. The molecule has 3 nitrogen and oxygen atoms in total.